The summed E-state index contributed by atoms with van der Waals surface area (Å²) in [7, 11) is 0. The third-order valence-corrected chi connectivity index (χ3v) is 6.79. The summed E-state index contributed by atoms with van der Waals surface area (Å²) in [6.45, 7) is 1.76. The summed E-state index contributed by atoms with van der Waals surface area (Å²) in [5.41, 5.74) is 5.29. The van der Waals surface area contributed by atoms with E-state index in [2.05, 4.69) is 40.2 Å². The molecule has 0 radical (unpaired) electrons. The van der Waals surface area contributed by atoms with Crippen LogP contribution in [-0.2, 0) is 24.3 Å². The summed E-state index contributed by atoms with van der Waals surface area (Å²) in [4.78, 5) is 17.5. The van der Waals surface area contributed by atoms with Gasteiger partial charge in [0.05, 0.1) is 35.6 Å². The van der Waals surface area contributed by atoms with Gasteiger partial charge in [-0.05, 0) is 53.8 Å². The Bertz CT molecular complexity index is 1500. The minimum absolute atomic E-state index is 0.0239. The van der Waals surface area contributed by atoms with E-state index in [4.69, 9.17) is 21.3 Å². The third-order valence-electron chi connectivity index (χ3n) is 6.47. The molecule has 1 aromatic heterocycles. The molecule has 1 N–H and O–H groups in total. The number of carbonyl (C=O) groups excluding carboxylic acids is 1. The van der Waals surface area contributed by atoms with E-state index in [0.717, 1.165) is 52.9 Å². The second kappa shape index (κ2) is 12.4. The number of rotatable bonds is 11. The predicted octanol–water partition coefficient (Wildman–Crippen LogP) is 7.07. The van der Waals surface area contributed by atoms with Gasteiger partial charge in [0.25, 0.3) is 0 Å². The Balaban J connectivity index is 1.16. The minimum Gasteiger partial charge on any atom is -0.492 e. The zero-order valence-corrected chi connectivity index (χ0v) is 21.9. The third kappa shape index (κ3) is 6.42. The summed E-state index contributed by atoms with van der Waals surface area (Å²) in [6.07, 6.45) is 2.12. The Morgan fingerprint density at radius 1 is 0.816 bits per heavy atom. The minimum atomic E-state index is -0.0239. The van der Waals surface area contributed by atoms with Crippen LogP contribution in [0.1, 0.15) is 24.2 Å². The van der Waals surface area contributed by atoms with Crippen LogP contribution in [0.5, 0.6) is 5.75 Å². The number of aryl methyl sites for hydroxylation is 1. The molecule has 0 fully saturated rings. The quantitative estimate of drug-likeness (QED) is 0.188. The van der Waals surface area contributed by atoms with Gasteiger partial charge in [0, 0.05) is 6.54 Å². The number of benzene rings is 4. The molecule has 0 saturated carbocycles. The first kappa shape index (κ1) is 25.6. The Morgan fingerprint density at radius 3 is 2.34 bits per heavy atom. The van der Waals surface area contributed by atoms with Crippen molar-refractivity contribution in [2.45, 2.75) is 32.4 Å². The molecule has 0 unspecified atom stereocenters. The Labute approximate surface area is 228 Å². The molecule has 38 heavy (non-hydrogen) atoms. The number of ether oxygens (including phenoxy) is 1. The van der Waals surface area contributed by atoms with Crippen LogP contribution in [0.2, 0.25) is 5.02 Å². The van der Waals surface area contributed by atoms with Crippen molar-refractivity contribution in [2.75, 3.05) is 6.61 Å². The lowest BCUT2D eigenvalue weighted by Crippen LogP contribution is -2.26. The highest BCUT2D eigenvalue weighted by atomic mass is 35.5. The number of halogens is 1. The number of unbranched alkanes of at least 4 members (excludes halogenated alkanes) is 1. The topological polar surface area (TPSA) is 56.2 Å². The maximum atomic E-state index is 12.8. The lowest BCUT2D eigenvalue weighted by atomic mass is 10.0. The van der Waals surface area contributed by atoms with Gasteiger partial charge in [-0.2, -0.15) is 0 Å². The van der Waals surface area contributed by atoms with Gasteiger partial charge < -0.3 is 14.6 Å². The normalized spacial score (nSPS) is 11.0. The van der Waals surface area contributed by atoms with Gasteiger partial charge in [-0.1, -0.05) is 90.5 Å². The molecule has 192 valence electrons. The van der Waals surface area contributed by atoms with Crippen molar-refractivity contribution in [3.63, 3.8) is 0 Å². The number of hydrogen-bond donors (Lipinski definition) is 1. The summed E-state index contributed by atoms with van der Waals surface area (Å²) in [5, 5.41) is 3.69. The first-order valence-corrected chi connectivity index (χ1v) is 13.3. The Morgan fingerprint density at radius 2 is 1.53 bits per heavy atom. The molecule has 0 aliphatic heterocycles. The number of amides is 1. The van der Waals surface area contributed by atoms with Crippen molar-refractivity contribution in [1.29, 1.82) is 0 Å². The predicted molar refractivity (Wildman–Crippen MR) is 153 cm³/mol. The van der Waals surface area contributed by atoms with Crippen LogP contribution in [0.3, 0.4) is 0 Å². The van der Waals surface area contributed by atoms with Gasteiger partial charge in [-0.25, -0.2) is 4.98 Å². The van der Waals surface area contributed by atoms with Crippen molar-refractivity contribution < 1.29 is 9.53 Å². The second-order valence-corrected chi connectivity index (χ2v) is 9.58. The number of carbonyl (C=O) groups is 1. The average molecular weight is 524 g/mol. The number of fused-ring (bicyclic) bond motifs is 1. The van der Waals surface area contributed by atoms with E-state index >= 15 is 0 Å². The maximum absolute atomic E-state index is 12.8. The van der Waals surface area contributed by atoms with Gasteiger partial charge in [0.1, 0.15) is 11.6 Å². The molecule has 0 aliphatic rings. The van der Waals surface area contributed by atoms with E-state index in [1.165, 1.54) is 0 Å². The van der Waals surface area contributed by atoms with E-state index in [9.17, 15) is 4.79 Å². The van der Waals surface area contributed by atoms with Crippen LogP contribution in [0.4, 0.5) is 0 Å². The van der Waals surface area contributed by atoms with Crippen LogP contribution in [0.25, 0.3) is 22.2 Å². The number of aromatic nitrogens is 2. The smallest absolute Gasteiger partial charge is 0.224 e. The van der Waals surface area contributed by atoms with Crippen LogP contribution in [-0.4, -0.2) is 22.1 Å². The molecule has 1 amide bonds. The summed E-state index contributed by atoms with van der Waals surface area (Å²) < 4.78 is 8.02. The van der Waals surface area contributed by atoms with Gasteiger partial charge in [-0.15, -0.1) is 0 Å². The highest BCUT2D eigenvalue weighted by Crippen LogP contribution is 2.24. The molecule has 1 heterocycles. The van der Waals surface area contributed by atoms with Crippen molar-refractivity contribution in [3.8, 4) is 16.9 Å². The maximum Gasteiger partial charge on any atom is 0.224 e. The number of hydrogen-bond acceptors (Lipinski definition) is 3. The van der Waals surface area contributed by atoms with Crippen LogP contribution in [0, 0.1) is 0 Å². The number of imidazole rings is 1. The molecule has 0 aliphatic carbocycles. The molecule has 0 bridgehead atoms. The summed E-state index contributed by atoms with van der Waals surface area (Å²) >= 11 is 6.18. The van der Waals surface area contributed by atoms with Crippen molar-refractivity contribution in [1.82, 2.24) is 14.9 Å². The molecule has 0 saturated heterocycles. The Kier molecular flexibility index (Phi) is 8.36. The largest absolute Gasteiger partial charge is 0.492 e. The van der Waals surface area contributed by atoms with Gasteiger partial charge >= 0.3 is 0 Å². The van der Waals surface area contributed by atoms with E-state index in [-0.39, 0.29) is 5.91 Å². The monoisotopic (exact) mass is 523 g/mol. The van der Waals surface area contributed by atoms with Crippen LogP contribution < -0.4 is 10.1 Å². The highest BCUT2D eigenvalue weighted by Gasteiger charge is 2.12. The molecule has 5 rings (SSSR count). The van der Waals surface area contributed by atoms with E-state index in [0.29, 0.717) is 30.3 Å². The van der Waals surface area contributed by atoms with Crippen LogP contribution >= 0.6 is 11.6 Å². The molecule has 0 spiro atoms. The summed E-state index contributed by atoms with van der Waals surface area (Å²) in [5.74, 6) is 1.54. The molecule has 4 aromatic carbocycles. The van der Waals surface area contributed by atoms with Gasteiger partial charge in [-0.3, -0.25) is 4.79 Å². The van der Waals surface area contributed by atoms with E-state index in [1.807, 2.05) is 72.8 Å². The van der Waals surface area contributed by atoms with Crippen molar-refractivity contribution >= 4 is 28.5 Å². The molecule has 6 heteroatoms. The molecular formula is C32H30ClN3O2. The zero-order valence-electron chi connectivity index (χ0n) is 21.1. The fourth-order valence-electron chi connectivity index (χ4n) is 4.50. The van der Waals surface area contributed by atoms with E-state index < -0.39 is 0 Å². The molecule has 5 aromatic rings. The SMILES string of the molecule is O=C(Cc1ccc(-c2ccccc2)cc1)NCc1nc2ccccc2n1CCCCOc1ccccc1Cl. The lowest BCUT2D eigenvalue weighted by Gasteiger charge is -2.11. The van der Waals surface area contributed by atoms with Crippen LogP contribution in [0.15, 0.2) is 103 Å². The standard InChI is InChI=1S/C32H30ClN3O2/c33-27-12-4-7-15-30(27)38-21-9-8-20-36-29-14-6-5-13-28(29)35-31(36)23-34-32(37)22-24-16-18-26(19-17-24)25-10-2-1-3-11-25/h1-7,10-19H,8-9,20-23H2,(H,34,37). The average Bonchev–Trinajstić information content (AvgIpc) is 3.31. The molecule has 5 nitrogen and oxygen atoms in total. The fourth-order valence-corrected chi connectivity index (χ4v) is 4.69. The number of para-hydroxylation sites is 3. The Hall–Kier alpha value is -4.09. The summed E-state index contributed by atoms with van der Waals surface area (Å²) in [6, 6.07) is 34.0. The number of nitrogens with zero attached hydrogens (tertiary/aromatic N) is 2. The second-order valence-electron chi connectivity index (χ2n) is 9.17. The van der Waals surface area contributed by atoms with E-state index in [1.54, 1.807) is 0 Å². The first-order chi connectivity index (χ1) is 18.7. The van der Waals surface area contributed by atoms with Crippen molar-refractivity contribution in [2.24, 2.45) is 0 Å². The fraction of sp³-hybridized carbons (Fsp3) is 0.188. The van der Waals surface area contributed by atoms with Crippen molar-refractivity contribution in [3.05, 3.63) is 120 Å². The first-order valence-electron chi connectivity index (χ1n) is 12.9. The number of nitrogens with one attached hydrogen (secondary N) is 1. The van der Waals surface area contributed by atoms with Gasteiger partial charge in [0.15, 0.2) is 0 Å². The van der Waals surface area contributed by atoms with Gasteiger partial charge in [0.2, 0.25) is 5.91 Å². The highest BCUT2D eigenvalue weighted by molar-refractivity contribution is 6.32. The molecular weight excluding hydrogens is 494 g/mol. The molecule has 0 atom stereocenters. The lowest BCUT2D eigenvalue weighted by molar-refractivity contribution is -0.120. The zero-order chi connectivity index (χ0) is 26.2.